The number of hydrogen-bond acceptors (Lipinski definition) is 3. The summed E-state index contributed by atoms with van der Waals surface area (Å²) in [5, 5.41) is 3.50. The van der Waals surface area contributed by atoms with Crippen molar-refractivity contribution in [2.75, 3.05) is 0 Å². The first-order valence-electron chi connectivity index (χ1n) is 5.56. The number of hydrogen-bond donors (Lipinski definition) is 3. The van der Waals surface area contributed by atoms with Crippen LogP contribution in [0.5, 0.6) is 0 Å². The minimum atomic E-state index is -0.109. The summed E-state index contributed by atoms with van der Waals surface area (Å²) in [4.78, 5) is 21.3. The highest BCUT2D eigenvalue weighted by molar-refractivity contribution is 5.78. The van der Waals surface area contributed by atoms with E-state index < -0.39 is 0 Å². The standard InChI is InChI=1S/C11H14N4O/c1-6-2-3-8(15-6)7-4-12-10-9(7)13-5-14-11(10)16/h4-6,8,12,15H,2-3H2,1H3,(H,13,14,16)/t6-,8-/m1/s1. The molecule has 5 heteroatoms. The normalized spacial score (nSPS) is 25.3. The molecule has 2 atom stereocenters. The quantitative estimate of drug-likeness (QED) is 0.670. The smallest absolute Gasteiger partial charge is 0.275 e. The van der Waals surface area contributed by atoms with Crippen LogP contribution in [0.3, 0.4) is 0 Å². The van der Waals surface area contributed by atoms with E-state index in [2.05, 4.69) is 27.2 Å². The maximum atomic E-state index is 11.5. The number of aromatic nitrogens is 3. The van der Waals surface area contributed by atoms with Gasteiger partial charge in [-0.25, -0.2) is 4.98 Å². The van der Waals surface area contributed by atoms with Crippen molar-refractivity contribution in [2.24, 2.45) is 0 Å². The largest absolute Gasteiger partial charge is 0.355 e. The van der Waals surface area contributed by atoms with Crippen LogP contribution < -0.4 is 10.9 Å². The molecule has 16 heavy (non-hydrogen) atoms. The molecule has 5 nitrogen and oxygen atoms in total. The summed E-state index contributed by atoms with van der Waals surface area (Å²) in [6.45, 7) is 2.18. The maximum absolute atomic E-state index is 11.5. The fourth-order valence-electron chi connectivity index (χ4n) is 2.41. The van der Waals surface area contributed by atoms with Gasteiger partial charge in [0.2, 0.25) is 0 Å². The predicted molar refractivity (Wildman–Crippen MR) is 61.3 cm³/mol. The van der Waals surface area contributed by atoms with Crippen LogP contribution in [0.4, 0.5) is 0 Å². The lowest BCUT2D eigenvalue weighted by Gasteiger charge is -2.09. The van der Waals surface area contributed by atoms with Gasteiger partial charge in [-0.2, -0.15) is 0 Å². The summed E-state index contributed by atoms with van der Waals surface area (Å²) < 4.78 is 0. The van der Waals surface area contributed by atoms with E-state index >= 15 is 0 Å². The number of fused-ring (bicyclic) bond motifs is 1. The second-order valence-corrected chi connectivity index (χ2v) is 4.40. The van der Waals surface area contributed by atoms with Gasteiger partial charge in [0.15, 0.2) is 0 Å². The molecular weight excluding hydrogens is 204 g/mol. The van der Waals surface area contributed by atoms with Crippen LogP contribution in [-0.2, 0) is 0 Å². The first-order valence-corrected chi connectivity index (χ1v) is 5.56. The molecule has 1 aliphatic heterocycles. The van der Waals surface area contributed by atoms with Crippen LogP contribution in [0.15, 0.2) is 17.3 Å². The Balaban J connectivity index is 2.11. The number of H-pyrrole nitrogens is 2. The Bertz CT molecular complexity index is 571. The lowest BCUT2D eigenvalue weighted by molar-refractivity contribution is 0.587. The van der Waals surface area contributed by atoms with Crippen molar-refractivity contribution in [1.29, 1.82) is 0 Å². The molecule has 0 bridgehead atoms. The second kappa shape index (κ2) is 3.45. The van der Waals surface area contributed by atoms with Crippen molar-refractivity contribution in [3.8, 4) is 0 Å². The third-order valence-electron chi connectivity index (χ3n) is 3.25. The summed E-state index contributed by atoms with van der Waals surface area (Å²) >= 11 is 0. The molecule has 1 aliphatic rings. The minimum absolute atomic E-state index is 0.109. The average molecular weight is 218 g/mol. The van der Waals surface area contributed by atoms with E-state index in [4.69, 9.17) is 0 Å². The number of rotatable bonds is 1. The monoisotopic (exact) mass is 218 g/mol. The summed E-state index contributed by atoms with van der Waals surface area (Å²) in [5.74, 6) is 0. The van der Waals surface area contributed by atoms with Crippen molar-refractivity contribution < 1.29 is 0 Å². The highest BCUT2D eigenvalue weighted by atomic mass is 16.1. The van der Waals surface area contributed by atoms with Gasteiger partial charge in [-0.1, -0.05) is 0 Å². The summed E-state index contributed by atoms with van der Waals surface area (Å²) in [7, 11) is 0. The van der Waals surface area contributed by atoms with Gasteiger partial charge in [-0.15, -0.1) is 0 Å². The Labute approximate surface area is 92.3 Å². The van der Waals surface area contributed by atoms with Crippen LogP contribution in [0, 0.1) is 0 Å². The Morgan fingerprint density at radius 1 is 1.38 bits per heavy atom. The predicted octanol–water partition coefficient (Wildman–Crippen LogP) is 1.06. The molecule has 2 aromatic heterocycles. The fourth-order valence-corrected chi connectivity index (χ4v) is 2.41. The van der Waals surface area contributed by atoms with E-state index in [0.29, 0.717) is 17.6 Å². The molecule has 0 radical (unpaired) electrons. The second-order valence-electron chi connectivity index (χ2n) is 4.40. The summed E-state index contributed by atoms with van der Waals surface area (Å²) in [6, 6.07) is 0.856. The highest BCUT2D eigenvalue weighted by Crippen LogP contribution is 2.29. The highest BCUT2D eigenvalue weighted by Gasteiger charge is 2.24. The summed E-state index contributed by atoms with van der Waals surface area (Å²) in [5.41, 5.74) is 2.35. The molecule has 1 saturated heterocycles. The van der Waals surface area contributed by atoms with Crippen LogP contribution in [0.25, 0.3) is 11.0 Å². The van der Waals surface area contributed by atoms with E-state index in [1.165, 1.54) is 12.7 Å². The van der Waals surface area contributed by atoms with Gasteiger partial charge in [0.25, 0.3) is 5.56 Å². The van der Waals surface area contributed by atoms with Gasteiger partial charge in [0.1, 0.15) is 11.0 Å². The molecule has 0 aromatic carbocycles. The molecule has 2 aromatic rings. The summed E-state index contributed by atoms with van der Waals surface area (Å²) in [6.07, 6.45) is 5.62. The number of nitrogens with one attached hydrogen (secondary N) is 3. The van der Waals surface area contributed by atoms with Crippen molar-refractivity contribution in [1.82, 2.24) is 20.3 Å². The Morgan fingerprint density at radius 2 is 2.25 bits per heavy atom. The van der Waals surface area contributed by atoms with Crippen LogP contribution in [-0.4, -0.2) is 21.0 Å². The Hall–Kier alpha value is -1.62. The lowest BCUT2D eigenvalue weighted by Crippen LogP contribution is -2.20. The minimum Gasteiger partial charge on any atom is -0.355 e. The van der Waals surface area contributed by atoms with Crippen LogP contribution in [0.1, 0.15) is 31.4 Å². The van der Waals surface area contributed by atoms with Gasteiger partial charge in [-0.05, 0) is 19.8 Å². The maximum Gasteiger partial charge on any atom is 0.275 e. The van der Waals surface area contributed by atoms with E-state index in [-0.39, 0.29) is 5.56 Å². The Morgan fingerprint density at radius 3 is 3.00 bits per heavy atom. The van der Waals surface area contributed by atoms with Crippen molar-refractivity contribution >= 4 is 11.0 Å². The molecule has 3 N–H and O–H groups in total. The first kappa shape index (κ1) is 9.59. The molecule has 0 amide bonds. The van der Waals surface area contributed by atoms with E-state index in [1.54, 1.807) is 0 Å². The van der Waals surface area contributed by atoms with Crippen molar-refractivity contribution in [3.05, 3.63) is 28.4 Å². The van der Waals surface area contributed by atoms with Gasteiger partial charge in [0.05, 0.1) is 6.33 Å². The van der Waals surface area contributed by atoms with Gasteiger partial charge < -0.3 is 15.3 Å². The lowest BCUT2D eigenvalue weighted by atomic mass is 10.1. The van der Waals surface area contributed by atoms with E-state index in [0.717, 1.165) is 17.5 Å². The fraction of sp³-hybridized carbons (Fsp3) is 0.455. The molecule has 0 unspecified atom stereocenters. The Kier molecular flexibility index (Phi) is 2.07. The molecule has 3 rings (SSSR count). The van der Waals surface area contributed by atoms with Gasteiger partial charge in [-0.3, -0.25) is 4.79 Å². The number of nitrogens with zero attached hydrogens (tertiary/aromatic N) is 1. The third-order valence-corrected chi connectivity index (χ3v) is 3.25. The topological polar surface area (TPSA) is 73.6 Å². The molecule has 0 spiro atoms. The third kappa shape index (κ3) is 1.36. The molecular formula is C11H14N4O. The van der Waals surface area contributed by atoms with Crippen molar-refractivity contribution in [2.45, 2.75) is 31.8 Å². The zero-order chi connectivity index (χ0) is 11.1. The molecule has 1 fully saturated rings. The van der Waals surface area contributed by atoms with Crippen LogP contribution in [0.2, 0.25) is 0 Å². The zero-order valence-corrected chi connectivity index (χ0v) is 9.08. The van der Waals surface area contributed by atoms with E-state index in [9.17, 15) is 4.79 Å². The SMILES string of the molecule is C[C@@H]1CC[C@H](c2c[nH]c3c(=O)[nH]cnc23)N1. The first-order chi connectivity index (χ1) is 7.75. The zero-order valence-electron chi connectivity index (χ0n) is 9.08. The molecule has 0 saturated carbocycles. The van der Waals surface area contributed by atoms with Gasteiger partial charge in [0, 0.05) is 23.8 Å². The average Bonchev–Trinajstić information content (AvgIpc) is 2.84. The molecule has 0 aliphatic carbocycles. The molecule has 84 valence electrons. The molecule has 3 heterocycles. The van der Waals surface area contributed by atoms with Crippen LogP contribution >= 0.6 is 0 Å². The number of aromatic amines is 2. The van der Waals surface area contributed by atoms with Gasteiger partial charge >= 0.3 is 0 Å². The van der Waals surface area contributed by atoms with E-state index in [1.807, 2.05) is 6.20 Å². The van der Waals surface area contributed by atoms with Crippen molar-refractivity contribution in [3.63, 3.8) is 0 Å².